The number of imide groups is 2. The molecule has 270 valence electrons. The number of rotatable bonds is 5. The first-order valence-corrected chi connectivity index (χ1v) is 17.6. The number of aromatic hydroxyl groups is 1. The number of phenols is 1. The highest BCUT2D eigenvalue weighted by atomic mass is 35.5. The van der Waals surface area contributed by atoms with Gasteiger partial charge in [-0.1, -0.05) is 82.9 Å². The van der Waals surface area contributed by atoms with Crippen LogP contribution in [0, 0.1) is 23.7 Å². The second-order valence-corrected chi connectivity index (χ2v) is 14.7. The molecule has 4 aromatic rings. The lowest BCUT2D eigenvalue weighted by molar-refractivity contribution is -0.139. The van der Waals surface area contributed by atoms with Crippen LogP contribution < -0.4 is 10.3 Å². The molecule has 4 amide bonds. The van der Waals surface area contributed by atoms with Crippen LogP contribution in [0.2, 0.25) is 15.1 Å². The number of phenolic OH excluding ortho intramolecular Hbond substituents is 1. The van der Waals surface area contributed by atoms with E-state index < -0.39 is 69.5 Å². The van der Waals surface area contributed by atoms with Gasteiger partial charge < -0.3 is 5.11 Å². The molecule has 0 unspecified atom stereocenters. The third kappa shape index (κ3) is 5.32. The quantitative estimate of drug-likeness (QED) is 0.156. The Morgan fingerprint density at radius 2 is 1.57 bits per heavy atom. The summed E-state index contributed by atoms with van der Waals surface area (Å²) in [5, 5.41) is 11.0. The van der Waals surface area contributed by atoms with Gasteiger partial charge in [0.05, 0.1) is 39.4 Å². The zero-order chi connectivity index (χ0) is 37.6. The summed E-state index contributed by atoms with van der Waals surface area (Å²) in [7, 11) is 0. The number of alkyl halides is 3. The Balaban J connectivity index is 1.32. The molecular weight excluding hydrogens is 756 g/mol. The van der Waals surface area contributed by atoms with Gasteiger partial charge >= 0.3 is 6.18 Å². The average molecular weight is 782 g/mol. The summed E-state index contributed by atoms with van der Waals surface area (Å²) in [5.41, 5.74) is 1.44. The van der Waals surface area contributed by atoms with Crippen LogP contribution in [-0.2, 0) is 30.8 Å². The minimum atomic E-state index is -4.75. The largest absolute Gasteiger partial charge is 0.508 e. The van der Waals surface area contributed by atoms with Gasteiger partial charge in [0.25, 0.3) is 11.8 Å². The minimum Gasteiger partial charge on any atom is -0.508 e. The summed E-state index contributed by atoms with van der Waals surface area (Å²) in [6.45, 7) is 0. The van der Waals surface area contributed by atoms with Crippen LogP contribution in [0.1, 0.15) is 35.4 Å². The number of fused-ring (bicyclic) bond motifs is 4. The van der Waals surface area contributed by atoms with E-state index in [1.165, 1.54) is 17.0 Å². The Labute approximate surface area is 314 Å². The maximum Gasteiger partial charge on any atom is 0.417 e. The third-order valence-electron chi connectivity index (χ3n) is 10.9. The standard InChI is InChI=1S/C38H26Cl3F3N4O5/c39-20-8-6-18(7-9-20)37-27(34(51)48(36(37)53)46-32-29(41)14-19(17-45-32)38(42,43)44)16-26-23(31(37)24-11-10-22(49)15-28(24)40)12-13-25-30(26)35(52)47(33(25)50)21-4-2-1-3-5-21/h1-12,14-15,17,25-27,30-31,49H,13,16H2,(H,45,46)/t25-,26+,27-,30-,31+,37+/m0/s1. The predicted octanol–water partition coefficient (Wildman–Crippen LogP) is 7.96. The Morgan fingerprint density at radius 1 is 0.849 bits per heavy atom. The number of halogens is 6. The summed E-state index contributed by atoms with van der Waals surface area (Å²) in [5.74, 6) is -7.50. The molecule has 2 N–H and O–H groups in total. The number of para-hydroxylation sites is 1. The monoisotopic (exact) mass is 780 g/mol. The van der Waals surface area contributed by atoms with Gasteiger partial charge in [-0.3, -0.25) is 29.5 Å². The summed E-state index contributed by atoms with van der Waals surface area (Å²) >= 11 is 19.4. The molecule has 0 bridgehead atoms. The molecule has 3 fully saturated rings. The molecule has 2 aliphatic carbocycles. The molecule has 2 aliphatic heterocycles. The van der Waals surface area contributed by atoms with E-state index >= 15 is 4.79 Å². The van der Waals surface area contributed by atoms with Crippen molar-refractivity contribution in [2.24, 2.45) is 23.7 Å². The minimum absolute atomic E-state index is 0.0552. The van der Waals surface area contributed by atoms with Crippen molar-refractivity contribution in [3.05, 3.63) is 128 Å². The molecule has 53 heavy (non-hydrogen) atoms. The maximum absolute atomic E-state index is 15.2. The van der Waals surface area contributed by atoms with E-state index in [1.54, 1.807) is 60.7 Å². The molecule has 9 nitrogen and oxygen atoms in total. The lowest BCUT2D eigenvalue weighted by Crippen LogP contribution is -2.53. The Bertz CT molecular complexity index is 2250. The van der Waals surface area contributed by atoms with Crippen LogP contribution in [0.25, 0.3) is 0 Å². The van der Waals surface area contributed by atoms with Gasteiger partial charge in [-0.15, -0.1) is 0 Å². The van der Waals surface area contributed by atoms with Gasteiger partial charge in [0.1, 0.15) is 5.75 Å². The Morgan fingerprint density at radius 3 is 2.23 bits per heavy atom. The average Bonchev–Trinajstić information content (AvgIpc) is 3.50. The van der Waals surface area contributed by atoms with E-state index in [9.17, 15) is 32.7 Å². The highest BCUT2D eigenvalue weighted by molar-refractivity contribution is 6.33. The molecule has 6 atom stereocenters. The van der Waals surface area contributed by atoms with Crippen molar-refractivity contribution in [3.63, 3.8) is 0 Å². The van der Waals surface area contributed by atoms with Gasteiger partial charge in [-0.05, 0) is 72.4 Å². The number of nitrogens with one attached hydrogen (secondary N) is 1. The molecule has 1 aromatic heterocycles. The number of hydrazine groups is 1. The van der Waals surface area contributed by atoms with Gasteiger partial charge in [-0.25, -0.2) is 4.98 Å². The fraction of sp³-hybridized carbons (Fsp3) is 0.237. The van der Waals surface area contributed by atoms with Crippen molar-refractivity contribution in [1.29, 1.82) is 0 Å². The molecule has 4 aliphatic rings. The van der Waals surface area contributed by atoms with Gasteiger partial charge in [0.2, 0.25) is 11.8 Å². The lowest BCUT2D eigenvalue weighted by Gasteiger charge is -2.50. The molecule has 0 radical (unpaired) electrons. The molecule has 8 rings (SSSR count). The molecular formula is C38H26Cl3F3N4O5. The lowest BCUT2D eigenvalue weighted by atomic mass is 9.49. The molecule has 15 heteroatoms. The SMILES string of the molecule is O=C1[C@@H]2C[C@@H]3C(=CC[C@@H]4C(=O)N(c5ccccc5)C(=O)[C@@H]43)[C@H](c3ccc(O)cc3Cl)[C@]2(c2ccc(Cl)cc2)C(=O)N1Nc1ncc(C(F)(F)F)cc1Cl. The van der Waals surface area contributed by atoms with Crippen LogP contribution >= 0.6 is 34.8 Å². The van der Waals surface area contributed by atoms with E-state index in [4.69, 9.17) is 34.8 Å². The number of amides is 4. The second kappa shape index (κ2) is 12.6. The van der Waals surface area contributed by atoms with Gasteiger partial charge in [0, 0.05) is 22.2 Å². The fourth-order valence-electron chi connectivity index (χ4n) is 8.71. The smallest absolute Gasteiger partial charge is 0.417 e. The normalized spacial score (nSPS) is 26.7. The number of benzene rings is 3. The van der Waals surface area contributed by atoms with E-state index in [-0.39, 0.29) is 35.3 Å². The van der Waals surface area contributed by atoms with Crippen molar-refractivity contribution in [3.8, 4) is 5.75 Å². The zero-order valence-electron chi connectivity index (χ0n) is 27.2. The maximum atomic E-state index is 15.2. The number of anilines is 2. The van der Waals surface area contributed by atoms with Gasteiger partial charge in [0.15, 0.2) is 5.82 Å². The van der Waals surface area contributed by atoms with E-state index in [1.807, 2.05) is 6.08 Å². The summed E-state index contributed by atoms with van der Waals surface area (Å²) in [6.07, 6.45) is -2.28. The molecule has 2 saturated heterocycles. The summed E-state index contributed by atoms with van der Waals surface area (Å²) in [4.78, 5) is 63.2. The fourth-order valence-corrected chi connectivity index (χ4v) is 9.33. The first kappa shape index (κ1) is 35.1. The predicted molar refractivity (Wildman–Crippen MR) is 189 cm³/mol. The second-order valence-electron chi connectivity index (χ2n) is 13.5. The zero-order valence-corrected chi connectivity index (χ0v) is 29.4. The van der Waals surface area contributed by atoms with E-state index in [0.29, 0.717) is 44.7 Å². The van der Waals surface area contributed by atoms with Crippen LogP contribution in [0.3, 0.4) is 0 Å². The van der Waals surface area contributed by atoms with E-state index in [0.717, 1.165) is 0 Å². The van der Waals surface area contributed by atoms with Gasteiger partial charge in [-0.2, -0.15) is 18.2 Å². The van der Waals surface area contributed by atoms with Crippen molar-refractivity contribution in [2.75, 3.05) is 10.3 Å². The first-order chi connectivity index (χ1) is 25.2. The summed E-state index contributed by atoms with van der Waals surface area (Å²) in [6, 6.07) is 19.8. The Hall–Kier alpha value is -4.91. The van der Waals surface area contributed by atoms with E-state index in [2.05, 4.69) is 10.4 Å². The van der Waals surface area contributed by atoms with Crippen LogP contribution in [0.5, 0.6) is 5.75 Å². The van der Waals surface area contributed by atoms with Crippen LogP contribution in [0.4, 0.5) is 24.7 Å². The van der Waals surface area contributed by atoms with Crippen molar-refractivity contribution in [1.82, 2.24) is 9.99 Å². The number of pyridine rings is 1. The molecule has 0 spiro atoms. The molecule has 3 heterocycles. The Kier molecular flexibility index (Phi) is 8.36. The van der Waals surface area contributed by atoms with Crippen LogP contribution in [-0.4, -0.2) is 38.7 Å². The number of hydrogen-bond donors (Lipinski definition) is 2. The van der Waals surface area contributed by atoms with Crippen molar-refractivity contribution >= 4 is 69.9 Å². The van der Waals surface area contributed by atoms with Crippen LogP contribution in [0.15, 0.2) is 96.7 Å². The highest BCUT2D eigenvalue weighted by Gasteiger charge is 2.70. The van der Waals surface area contributed by atoms with Crippen molar-refractivity contribution in [2.45, 2.75) is 30.4 Å². The number of hydrogen-bond acceptors (Lipinski definition) is 7. The number of allylic oxidation sites excluding steroid dienone is 2. The number of carbonyl (C=O) groups is 4. The molecule has 3 aromatic carbocycles. The highest BCUT2D eigenvalue weighted by Crippen LogP contribution is 2.65. The topological polar surface area (TPSA) is 120 Å². The number of nitrogens with zero attached hydrogens (tertiary/aromatic N) is 3. The van der Waals surface area contributed by atoms with Crippen molar-refractivity contribution < 1.29 is 37.5 Å². The molecule has 1 saturated carbocycles. The summed E-state index contributed by atoms with van der Waals surface area (Å²) < 4.78 is 40.3. The first-order valence-electron chi connectivity index (χ1n) is 16.5. The third-order valence-corrected chi connectivity index (χ3v) is 11.7. The number of carbonyl (C=O) groups excluding carboxylic acids is 4. The number of aromatic nitrogens is 1.